The van der Waals surface area contributed by atoms with E-state index in [2.05, 4.69) is 4.72 Å². The van der Waals surface area contributed by atoms with Gasteiger partial charge in [0.25, 0.3) is 0 Å². The van der Waals surface area contributed by atoms with Gasteiger partial charge >= 0.3 is 5.97 Å². The first kappa shape index (κ1) is 19.8. The summed E-state index contributed by atoms with van der Waals surface area (Å²) in [7, 11) is 0. The SMILES string of the molecule is CC(C)SNCC(=O)OCCN.Cl.Cl. The van der Waals surface area contributed by atoms with Crippen molar-refractivity contribution >= 4 is 42.7 Å². The molecule has 4 nitrogen and oxygen atoms in total. The number of hydrogen-bond donors (Lipinski definition) is 2. The first-order valence-corrected chi connectivity index (χ1v) is 4.79. The number of halogens is 2. The highest BCUT2D eigenvalue weighted by atomic mass is 35.5. The van der Waals surface area contributed by atoms with Crippen LogP contribution in [0, 0.1) is 0 Å². The number of ether oxygens (including phenoxy) is 1. The molecule has 0 saturated heterocycles. The summed E-state index contributed by atoms with van der Waals surface area (Å²) in [5.41, 5.74) is 5.15. The Labute approximate surface area is 102 Å². The standard InChI is InChI=1S/C7H16N2O2S.2ClH/c1-6(2)12-9-5-7(10)11-4-3-8;;/h6,9H,3-5,8H2,1-2H3;2*1H. The van der Waals surface area contributed by atoms with Gasteiger partial charge in [0.05, 0.1) is 0 Å². The first-order valence-electron chi connectivity index (χ1n) is 3.91. The highest BCUT2D eigenvalue weighted by molar-refractivity contribution is 7.98. The first-order chi connectivity index (χ1) is 5.66. The van der Waals surface area contributed by atoms with Gasteiger partial charge in [0.2, 0.25) is 0 Å². The molecular weight excluding hydrogens is 247 g/mol. The number of nitrogens with two attached hydrogens (primary N) is 1. The lowest BCUT2D eigenvalue weighted by Crippen LogP contribution is -2.23. The van der Waals surface area contributed by atoms with Crippen molar-refractivity contribution in [2.75, 3.05) is 19.7 Å². The molecule has 0 atom stereocenters. The highest BCUT2D eigenvalue weighted by Crippen LogP contribution is 2.01. The molecule has 88 valence electrons. The van der Waals surface area contributed by atoms with Gasteiger partial charge in [-0.1, -0.05) is 25.8 Å². The van der Waals surface area contributed by atoms with Crippen molar-refractivity contribution in [2.24, 2.45) is 5.73 Å². The maximum absolute atomic E-state index is 10.8. The van der Waals surface area contributed by atoms with Crippen LogP contribution in [0.3, 0.4) is 0 Å². The van der Waals surface area contributed by atoms with E-state index in [1.807, 2.05) is 13.8 Å². The minimum Gasteiger partial charge on any atom is -0.463 e. The monoisotopic (exact) mass is 264 g/mol. The lowest BCUT2D eigenvalue weighted by atomic mass is 10.6. The Kier molecular flexibility index (Phi) is 18.9. The van der Waals surface area contributed by atoms with Gasteiger partial charge in [0.1, 0.15) is 13.2 Å². The van der Waals surface area contributed by atoms with Crippen LogP contribution in [0.15, 0.2) is 0 Å². The largest absolute Gasteiger partial charge is 0.463 e. The Morgan fingerprint density at radius 1 is 1.50 bits per heavy atom. The molecule has 0 bridgehead atoms. The van der Waals surface area contributed by atoms with Gasteiger partial charge in [0.15, 0.2) is 0 Å². The molecule has 0 aliphatic carbocycles. The van der Waals surface area contributed by atoms with Crippen LogP contribution in [0.2, 0.25) is 0 Å². The van der Waals surface area contributed by atoms with E-state index in [9.17, 15) is 4.79 Å². The van der Waals surface area contributed by atoms with E-state index in [0.717, 1.165) is 0 Å². The fraction of sp³-hybridized carbons (Fsp3) is 0.857. The molecule has 0 spiro atoms. The van der Waals surface area contributed by atoms with Crippen LogP contribution >= 0.6 is 36.8 Å². The van der Waals surface area contributed by atoms with E-state index in [0.29, 0.717) is 18.4 Å². The number of carbonyl (C=O) groups excluding carboxylic acids is 1. The van der Waals surface area contributed by atoms with Crippen LogP contribution in [0.5, 0.6) is 0 Å². The van der Waals surface area contributed by atoms with Crippen LogP contribution in [0.1, 0.15) is 13.8 Å². The zero-order valence-corrected chi connectivity index (χ0v) is 10.8. The Morgan fingerprint density at radius 2 is 2.07 bits per heavy atom. The Bertz CT molecular complexity index is 139. The van der Waals surface area contributed by atoms with E-state index in [-0.39, 0.29) is 37.3 Å². The molecule has 0 unspecified atom stereocenters. The van der Waals surface area contributed by atoms with Gasteiger partial charge in [-0.25, -0.2) is 0 Å². The molecule has 0 aliphatic rings. The number of rotatable bonds is 6. The fourth-order valence-corrected chi connectivity index (χ4v) is 1.03. The Balaban J connectivity index is -0.000000605. The number of esters is 1. The number of carbonyl (C=O) groups is 1. The molecule has 0 amide bonds. The molecule has 0 aromatic carbocycles. The summed E-state index contributed by atoms with van der Waals surface area (Å²) in [5, 5.41) is 0.465. The third kappa shape index (κ3) is 14.8. The molecule has 7 heteroatoms. The molecule has 0 aromatic heterocycles. The van der Waals surface area contributed by atoms with Crippen LogP contribution in [-0.4, -0.2) is 30.9 Å². The van der Waals surface area contributed by atoms with Crippen LogP contribution in [0.25, 0.3) is 0 Å². The zero-order chi connectivity index (χ0) is 9.40. The van der Waals surface area contributed by atoms with Crippen molar-refractivity contribution in [1.29, 1.82) is 0 Å². The summed E-state index contributed by atoms with van der Waals surface area (Å²) in [4.78, 5) is 10.8. The van der Waals surface area contributed by atoms with Crippen molar-refractivity contribution in [2.45, 2.75) is 19.1 Å². The molecule has 0 heterocycles. The van der Waals surface area contributed by atoms with Crippen molar-refractivity contribution in [3.05, 3.63) is 0 Å². The minimum absolute atomic E-state index is 0. The second-order valence-corrected chi connectivity index (χ2v) is 3.96. The third-order valence-corrected chi connectivity index (χ3v) is 1.70. The molecule has 0 aliphatic heterocycles. The average molecular weight is 265 g/mol. The van der Waals surface area contributed by atoms with Crippen LogP contribution < -0.4 is 10.5 Å². The average Bonchev–Trinajstić information content (AvgIpc) is 2.00. The normalized spacial score (nSPS) is 8.86. The topological polar surface area (TPSA) is 64.3 Å². The molecule has 0 fully saturated rings. The highest BCUT2D eigenvalue weighted by Gasteiger charge is 2.01. The van der Waals surface area contributed by atoms with Crippen LogP contribution in [0.4, 0.5) is 0 Å². The molecule has 0 saturated carbocycles. The summed E-state index contributed by atoms with van der Waals surface area (Å²) in [6.45, 7) is 5.00. The van der Waals surface area contributed by atoms with Crippen LogP contribution in [-0.2, 0) is 9.53 Å². The lowest BCUT2D eigenvalue weighted by molar-refractivity contribution is -0.141. The Morgan fingerprint density at radius 3 is 2.50 bits per heavy atom. The summed E-state index contributed by atoms with van der Waals surface area (Å²) in [6, 6.07) is 0. The second kappa shape index (κ2) is 13.3. The van der Waals surface area contributed by atoms with E-state index < -0.39 is 0 Å². The second-order valence-electron chi connectivity index (χ2n) is 2.50. The molecule has 3 N–H and O–H groups in total. The molecule has 0 aromatic rings. The fourth-order valence-electron chi connectivity index (χ4n) is 0.491. The van der Waals surface area contributed by atoms with E-state index in [4.69, 9.17) is 10.5 Å². The third-order valence-electron chi connectivity index (χ3n) is 0.916. The van der Waals surface area contributed by atoms with Gasteiger partial charge in [-0.2, -0.15) is 0 Å². The van der Waals surface area contributed by atoms with E-state index in [1.54, 1.807) is 0 Å². The summed E-state index contributed by atoms with van der Waals surface area (Å²) in [6.07, 6.45) is 0. The predicted molar refractivity (Wildman–Crippen MR) is 65.2 cm³/mol. The van der Waals surface area contributed by atoms with E-state index >= 15 is 0 Å². The quantitative estimate of drug-likeness (QED) is 0.553. The van der Waals surface area contributed by atoms with Gasteiger partial charge in [-0.15, -0.1) is 24.8 Å². The molecule has 0 rings (SSSR count). The zero-order valence-electron chi connectivity index (χ0n) is 8.32. The maximum atomic E-state index is 10.8. The van der Waals surface area contributed by atoms with Crippen molar-refractivity contribution < 1.29 is 9.53 Å². The predicted octanol–water partition coefficient (Wildman–Crippen LogP) is 0.978. The van der Waals surface area contributed by atoms with Gasteiger partial charge in [-0.05, 0) is 0 Å². The molecule has 14 heavy (non-hydrogen) atoms. The van der Waals surface area contributed by atoms with Crippen molar-refractivity contribution in [1.82, 2.24) is 4.72 Å². The number of nitrogens with one attached hydrogen (secondary N) is 1. The van der Waals surface area contributed by atoms with Gasteiger partial charge < -0.3 is 10.5 Å². The summed E-state index contributed by atoms with van der Waals surface area (Å²) >= 11 is 1.51. The molecular formula is C7H18Cl2N2O2S. The minimum atomic E-state index is -0.256. The van der Waals surface area contributed by atoms with Gasteiger partial charge in [0, 0.05) is 11.8 Å². The lowest BCUT2D eigenvalue weighted by Gasteiger charge is -2.06. The summed E-state index contributed by atoms with van der Waals surface area (Å²) < 4.78 is 7.63. The van der Waals surface area contributed by atoms with Crippen molar-refractivity contribution in [3.63, 3.8) is 0 Å². The summed E-state index contributed by atoms with van der Waals surface area (Å²) in [5.74, 6) is -0.256. The van der Waals surface area contributed by atoms with Crippen molar-refractivity contribution in [3.8, 4) is 0 Å². The number of hydrogen-bond acceptors (Lipinski definition) is 5. The Hall–Kier alpha value is 0.320. The molecule has 0 radical (unpaired) electrons. The van der Waals surface area contributed by atoms with E-state index in [1.165, 1.54) is 11.9 Å². The van der Waals surface area contributed by atoms with Gasteiger partial charge in [-0.3, -0.25) is 9.52 Å². The smallest absolute Gasteiger partial charge is 0.320 e. The maximum Gasteiger partial charge on any atom is 0.320 e.